The second kappa shape index (κ2) is 5.44. The first-order valence-corrected chi connectivity index (χ1v) is 5.60. The van der Waals surface area contributed by atoms with Crippen molar-refractivity contribution in [1.29, 1.82) is 0 Å². The molecule has 4 heteroatoms. The fourth-order valence-electron chi connectivity index (χ4n) is 1.20. The lowest BCUT2D eigenvalue weighted by Gasteiger charge is -2.23. The van der Waals surface area contributed by atoms with Crippen LogP contribution in [0.4, 0.5) is 0 Å². The first-order valence-electron chi connectivity index (χ1n) is 4.48. The maximum atomic E-state index is 9.23. The number of aliphatic hydroxyl groups excluding tert-OH is 2. The minimum absolute atomic E-state index is 0.0311. The summed E-state index contributed by atoms with van der Waals surface area (Å²) in [4.78, 5) is 0. The van der Waals surface area contributed by atoms with Crippen molar-refractivity contribution in [1.82, 2.24) is 0 Å². The van der Waals surface area contributed by atoms with Gasteiger partial charge in [-0.3, -0.25) is 0 Å². The van der Waals surface area contributed by atoms with Gasteiger partial charge in [0.25, 0.3) is 0 Å². The molecule has 1 aromatic rings. The zero-order chi connectivity index (χ0) is 10.4. The minimum atomic E-state index is -0.480. The van der Waals surface area contributed by atoms with E-state index in [0.717, 1.165) is 0 Å². The molecule has 0 aliphatic rings. The van der Waals surface area contributed by atoms with Gasteiger partial charge in [-0.05, 0) is 0 Å². The molecule has 2 N–H and O–H groups in total. The number of hydrogen-bond donors (Lipinski definition) is 2. The van der Waals surface area contributed by atoms with Crippen molar-refractivity contribution in [2.75, 3.05) is 18.5 Å². The van der Waals surface area contributed by atoms with Crippen molar-refractivity contribution < 1.29 is 14.8 Å². The Balaban J connectivity index is 2.74. The first kappa shape index (κ1) is 11.6. The van der Waals surface area contributed by atoms with E-state index < -0.39 is 5.41 Å². The summed E-state index contributed by atoms with van der Waals surface area (Å²) in [5.41, 5.74) is -0.480. The molecule has 1 aromatic heterocycles. The largest absolute Gasteiger partial charge is 0.395 e. The van der Waals surface area contributed by atoms with Crippen LogP contribution in [-0.4, -0.2) is 28.8 Å². The molecule has 1 rings (SSSR count). The average Bonchev–Trinajstić information content (AvgIpc) is 2.28. The number of pyridine rings is 1. The minimum Gasteiger partial charge on any atom is -0.395 e. The van der Waals surface area contributed by atoms with Crippen LogP contribution in [0.15, 0.2) is 30.6 Å². The summed E-state index contributed by atoms with van der Waals surface area (Å²) in [6.45, 7) is 0.541. The van der Waals surface area contributed by atoms with E-state index in [2.05, 4.69) is 15.9 Å². The van der Waals surface area contributed by atoms with E-state index in [1.807, 2.05) is 35.2 Å². The highest BCUT2D eigenvalue weighted by molar-refractivity contribution is 9.09. The van der Waals surface area contributed by atoms with Crippen molar-refractivity contribution >= 4 is 15.9 Å². The molecule has 0 unspecified atom stereocenters. The lowest BCUT2D eigenvalue weighted by molar-refractivity contribution is -0.709. The van der Waals surface area contributed by atoms with Crippen molar-refractivity contribution in [3.05, 3.63) is 30.6 Å². The molecular weight excluding hydrogens is 246 g/mol. The Kier molecular flexibility index (Phi) is 4.51. The van der Waals surface area contributed by atoms with Crippen LogP contribution in [0.3, 0.4) is 0 Å². The number of rotatable bonds is 5. The van der Waals surface area contributed by atoms with Crippen LogP contribution < -0.4 is 4.57 Å². The van der Waals surface area contributed by atoms with E-state index in [1.54, 1.807) is 0 Å². The van der Waals surface area contributed by atoms with E-state index in [-0.39, 0.29) is 13.2 Å². The van der Waals surface area contributed by atoms with Crippen molar-refractivity contribution in [2.45, 2.75) is 6.54 Å². The van der Waals surface area contributed by atoms with Gasteiger partial charge in [-0.25, -0.2) is 4.57 Å². The molecule has 0 radical (unpaired) electrons. The topological polar surface area (TPSA) is 44.3 Å². The quantitative estimate of drug-likeness (QED) is 0.593. The Bertz CT molecular complexity index is 254. The van der Waals surface area contributed by atoms with Crippen LogP contribution in [0.25, 0.3) is 0 Å². The Morgan fingerprint density at radius 2 is 1.64 bits per heavy atom. The number of aliphatic hydroxyl groups is 2. The number of alkyl halides is 1. The van der Waals surface area contributed by atoms with Gasteiger partial charge in [0, 0.05) is 17.5 Å². The first-order chi connectivity index (χ1) is 6.76. The van der Waals surface area contributed by atoms with Crippen LogP contribution in [0.2, 0.25) is 0 Å². The van der Waals surface area contributed by atoms with E-state index in [0.29, 0.717) is 11.9 Å². The Morgan fingerprint density at radius 1 is 1.07 bits per heavy atom. The molecule has 0 spiro atoms. The van der Waals surface area contributed by atoms with E-state index in [4.69, 9.17) is 0 Å². The lowest BCUT2D eigenvalue weighted by atomic mass is 9.93. The van der Waals surface area contributed by atoms with E-state index >= 15 is 0 Å². The molecule has 0 bridgehead atoms. The summed E-state index contributed by atoms with van der Waals surface area (Å²) in [6, 6.07) is 5.78. The summed E-state index contributed by atoms with van der Waals surface area (Å²) < 4.78 is 1.95. The maximum Gasteiger partial charge on any atom is 0.168 e. The zero-order valence-electron chi connectivity index (χ0n) is 7.93. The predicted molar refractivity (Wildman–Crippen MR) is 57.0 cm³/mol. The van der Waals surface area contributed by atoms with Gasteiger partial charge in [0.15, 0.2) is 18.9 Å². The smallest absolute Gasteiger partial charge is 0.168 e. The Hall–Kier alpha value is -0.450. The second-order valence-electron chi connectivity index (χ2n) is 3.50. The maximum absolute atomic E-state index is 9.23. The van der Waals surface area contributed by atoms with E-state index in [9.17, 15) is 10.2 Å². The molecule has 0 aliphatic carbocycles. The van der Waals surface area contributed by atoms with Gasteiger partial charge in [0.05, 0.1) is 18.6 Å². The van der Waals surface area contributed by atoms with Crippen LogP contribution in [0, 0.1) is 5.41 Å². The predicted octanol–water partition coefficient (Wildman–Crippen LogP) is 0.340. The van der Waals surface area contributed by atoms with Crippen LogP contribution in [0.5, 0.6) is 0 Å². The summed E-state index contributed by atoms with van der Waals surface area (Å²) in [6.07, 6.45) is 3.84. The number of halogens is 1. The molecule has 0 fully saturated rings. The third-order valence-electron chi connectivity index (χ3n) is 2.25. The molecule has 14 heavy (non-hydrogen) atoms. The summed E-state index contributed by atoms with van der Waals surface area (Å²) in [5.74, 6) is 0. The SMILES string of the molecule is OCC(CO)(CBr)C[n+]1ccccc1. The van der Waals surface area contributed by atoms with Gasteiger partial charge in [-0.1, -0.05) is 22.0 Å². The average molecular weight is 261 g/mol. The fourth-order valence-corrected chi connectivity index (χ4v) is 1.74. The summed E-state index contributed by atoms with van der Waals surface area (Å²) >= 11 is 3.32. The normalized spacial score (nSPS) is 11.6. The molecule has 3 nitrogen and oxygen atoms in total. The number of aromatic nitrogens is 1. The zero-order valence-corrected chi connectivity index (χ0v) is 9.52. The number of nitrogens with zero attached hydrogens (tertiary/aromatic N) is 1. The molecule has 0 saturated carbocycles. The fraction of sp³-hybridized carbons (Fsp3) is 0.500. The van der Waals surface area contributed by atoms with Crippen LogP contribution in [0.1, 0.15) is 0 Å². The van der Waals surface area contributed by atoms with Crippen molar-refractivity contribution in [3.8, 4) is 0 Å². The standard InChI is InChI=1S/C10H15BrNO2/c11-6-10(8-13,9-14)7-12-4-2-1-3-5-12/h1-5,13-14H,6-9H2/q+1. The number of hydrogen-bond acceptors (Lipinski definition) is 2. The lowest BCUT2D eigenvalue weighted by Crippen LogP contribution is -2.48. The molecule has 0 amide bonds. The summed E-state index contributed by atoms with van der Waals surface area (Å²) in [7, 11) is 0. The highest BCUT2D eigenvalue weighted by atomic mass is 79.9. The molecule has 78 valence electrons. The highest BCUT2D eigenvalue weighted by Crippen LogP contribution is 2.18. The van der Waals surface area contributed by atoms with E-state index in [1.165, 1.54) is 0 Å². The molecule has 0 aliphatic heterocycles. The van der Waals surface area contributed by atoms with Gasteiger partial charge in [0.1, 0.15) is 0 Å². The third-order valence-corrected chi connectivity index (χ3v) is 3.44. The Morgan fingerprint density at radius 3 is 2.07 bits per heavy atom. The van der Waals surface area contributed by atoms with Gasteiger partial charge >= 0.3 is 0 Å². The molecule has 0 aromatic carbocycles. The highest BCUT2D eigenvalue weighted by Gasteiger charge is 2.32. The van der Waals surface area contributed by atoms with Gasteiger partial charge in [-0.15, -0.1) is 0 Å². The Labute approximate surface area is 92.1 Å². The van der Waals surface area contributed by atoms with Crippen LogP contribution >= 0.6 is 15.9 Å². The molecule has 1 heterocycles. The van der Waals surface area contributed by atoms with Crippen LogP contribution in [-0.2, 0) is 6.54 Å². The van der Waals surface area contributed by atoms with Crippen molar-refractivity contribution in [2.24, 2.45) is 5.41 Å². The second-order valence-corrected chi connectivity index (χ2v) is 4.06. The van der Waals surface area contributed by atoms with Gasteiger partial charge in [-0.2, -0.15) is 0 Å². The molecule has 0 atom stereocenters. The van der Waals surface area contributed by atoms with Gasteiger partial charge in [0.2, 0.25) is 0 Å². The van der Waals surface area contributed by atoms with Crippen molar-refractivity contribution in [3.63, 3.8) is 0 Å². The monoisotopic (exact) mass is 260 g/mol. The third kappa shape index (κ3) is 2.77. The molecular formula is C10H15BrNO2+. The summed E-state index contributed by atoms with van der Waals surface area (Å²) in [5, 5.41) is 19.0. The molecule has 0 saturated heterocycles. The van der Waals surface area contributed by atoms with Gasteiger partial charge < -0.3 is 10.2 Å².